The molecule has 1 saturated heterocycles. The molecule has 7 heteroatoms. The van der Waals surface area contributed by atoms with Crippen molar-refractivity contribution in [1.29, 1.82) is 0 Å². The van der Waals surface area contributed by atoms with Crippen LogP contribution in [0.1, 0.15) is 18.1 Å². The Kier molecular flexibility index (Phi) is 7.75. The predicted octanol–water partition coefficient (Wildman–Crippen LogP) is 6.68. The van der Waals surface area contributed by atoms with Crippen LogP contribution < -0.4 is 10.2 Å². The maximum absolute atomic E-state index is 4.72. The summed E-state index contributed by atoms with van der Waals surface area (Å²) in [6, 6.07) is 19.0. The molecule has 42 heavy (non-hydrogen) atoms. The molecule has 0 saturated carbocycles. The molecule has 1 aliphatic rings. The minimum atomic E-state index is 0.748. The first kappa shape index (κ1) is 27.3. The third kappa shape index (κ3) is 5.64. The summed E-state index contributed by atoms with van der Waals surface area (Å²) in [6.07, 6.45) is 10.7. The van der Waals surface area contributed by atoms with Gasteiger partial charge in [-0.3, -0.25) is 10.1 Å². The average molecular weight is 556 g/mol. The molecular formula is C35H37N7. The fourth-order valence-electron chi connectivity index (χ4n) is 5.60. The molecular weight excluding hydrogens is 518 g/mol. The fraction of sp³-hybridized carbons (Fsp3) is 0.200. The van der Waals surface area contributed by atoms with Gasteiger partial charge < -0.3 is 20.1 Å². The lowest BCUT2D eigenvalue weighted by Gasteiger charge is -2.34. The molecule has 3 N–H and O–H groups in total. The van der Waals surface area contributed by atoms with E-state index < -0.39 is 0 Å². The number of fused-ring (bicyclic) bond motifs is 2. The van der Waals surface area contributed by atoms with E-state index in [9.17, 15) is 0 Å². The van der Waals surface area contributed by atoms with Gasteiger partial charge in [0.05, 0.1) is 34.8 Å². The normalized spacial score (nSPS) is 15.0. The first-order valence-electron chi connectivity index (χ1n) is 14.4. The Balaban J connectivity index is 1.29. The van der Waals surface area contributed by atoms with Gasteiger partial charge in [0, 0.05) is 54.8 Å². The smallest absolute Gasteiger partial charge is 0.116 e. The van der Waals surface area contributed by atoms with Gasteiger partial charge in [0.15, 0.2) is 0 Å². The Morgan fingerprint density at radius 1 is 1.00 bits per heavy atom. The highest BCUT2D eigenvalue weighted by Gasteiger charge is 2.19. The number of hydrogen-bond acceptors (Lipinski definition) is 5. The number of piperazine rings is 1. The summed E-state index contributed by atoms with van der Waals surface area (Å²) < 4.78 is 0. The van der Waals surface area contributed by atoms with E-state index in [1.165, 1.54) is 16.6 Å². The predicted molar refractivity (Wildman–Crippen MR) is 175 cm³/mol. The van der Waals surface area contributed by atoms with E-state index in [4.69, 9.17) is 5.10 Å². The SMILES string of the molecule is C=C/C(=C\C(=C/C)c1ccc2[nH]nc(-c3cc4c(N5CCN(C)CC5)cncc4[nH]3)c2c1)NC(=C)Cc1ccccc1. The molecule has 0 bridgehead atoms. The minimum Gasteiger partial charge on any atom is -0.367 e. The second-order valence-corrected chi connectivity index (χ2v) is 10.9. The molecule has 5 aromatic rings. The Morgan fingerprint density at radius 3 is 2.57 bits per heavy atom. The highest BCUT2D eigenvalue weighted by Crippen LogP contribution is 2.34. The van der Waals surface area contributed by atoms with Crippen LogP contribution in [0.2, 0.25) is 0 Å². The van der Waals surface area contributed by atoms with Crippen LogP contribution in [0, 0.1) is 0 Å². The number of anilines is 1. The number of nitrogens with zero attached hydrogens (tertiary/aromatic N) is 4. The molecule has 0 aliphatic carbocycles. The van der Waals surface area contributed by atoms with E-state index in [0.29, 0.717) is 0 Å². The van der Waals surface area contributed by atoms with E-state index in [1.807, 2.05) is 36.7 Å². The number of rotatable bonds is 9. The van der Waals surface area contributed by atoms with Crippen molar-refractivity contribution >= 4 is 33.1 Å². The number of aromatic nitrogens is 4. The summed E-state index contributed by atoms with van der Waals surface area (Å²) in [5, 5.41) is 13.6. The molecule has 3 aromatic heterocycles. The van der Waals surface area contributed by atoms with Crippen LogP contribution in [0.4, 0.5) is 5.69 Å². The van der Waals surface area contributed by atoms with E-state index in [1.54, 1.807) is 0 Å². The molecule has 212 valence electrons. The van der Waals surface area contributed by atoms with Crippen LogP contribution in [0.15, 0.2) is 110 Å². The molecule has 7 nitrogen and oxygen atoms in total. The van der Waals surface area contributed by atoms with E-state index >= 15 is 0 Å². The van der Waals surface area contributed by atoms with Gasteiger partial charge in [-0.2, -0.15) is 5.10 Å². The molecule has 1 fully saturated rings. The van der Waals surface area contributed by atoms with Gasteiger partial charge in [-0.15, -0.1) is 0 Å². The van der Waals surface area contributed by atoms with Crippen molar-refractivity contribution in [2.24, 2.45) is 0 Å². The third-order valence-electron chi connectivity index (χ3n) is 7.94. The van der Waals surface area contributed by atoms with Gasteiger partial charge in [0.2, 0.25) is 0 Å². The first-order chi connectivity index (χ1) is 20.5. The number of aromatic amines is 2. The van der Waals surface area contributed by atoms with Crippen LogP contribution in [0.25, 0.3) is 38.8 Å². The molecule has 0 spiro atoms. The molecule has 4 heterocycles. The molecule has 0 amide bonds. The summed E-state index contributed by atoms with van der Waals surface area (Å²) in [5.74, 6) is 0. The van der Waals surface area contributed by atoms with Gasteiger partial charge in [-0.1, -0.05) is 55.6 Å². The molecule has 2 aromatic carbocycles. The second-order valence-electron chi connectivity index (χ2n) is 10.9. The summed E-state index contributed by atoms with van der Waals surface area (Å²) in [7, 11) is 2.17. The van der Waals surface area contributed by atoms with Crippen molar-refractivity contribution < 1.29 is 0 Å². The number of pyridine rings is 1. The van der Waals surface area contributed by atoms with Crippen molar-refractivity contribution in [3.63, 3.8) is 0 Å². The van der Waals surface area contributed by atoms with Crippen molar-refractivity contribution in [1.82, 2.24) is 30.4 Å². The molecule has 0 atom stereocenters. The van der Waals surface area contributed by atoms with E-state index in [2.05, 4.69) is 106 Å². The number of hydrogen-bond donors (Lipinski definition) is 3. The zero-order valence-electron chi connectivity index (χ0n) is 24.3. The third-order valence-corrected chi connectivity index (χ3v) is 7.94. The Hall–Kier alpha value is -4.88. The number of allylic oxidation sites excluding steroid dienone is 5. The monoisotopic (exact) mass is 555 g/mol. The fourth-order valence-corrected chi connectivity index (χ4v) is 5.60. The lowest BCUT2D eigenvalue weighted by atomic mass is 10.0. The maximum Gasteiger partial charge on any atom is 0.116 e. The van der Waals surface area contributed by atoms with Gasteiger partial charge >= 0.3 is 0 Å². The van der Waals surface area contributed by atoms with Gasteiger partial charge in [-0.25, -0.2) is 0 Å². The maximum atomic E-state index is 4.72. The van der Waals surface area contributed by atoms with Crippen LogP contribution >= 0.6 is 0 Å². The van der Waals surface area contributed by atoms with Crippen molar-refractivity contribution in [3.8, 4) is 11.4 Å². The van der Waals surface area contributed by atoms with Gasteiger partial charge in [-0.05, 0) is 61.0 Å². The van der Waals surface area contributed by atoms with Crippen LogP contribution in [-0.2, 0) is 6.42 Å². The van der Waals surface area contributed by atoms with Crippen molar-refractivity contribution in [2.45, 2.75) is 13.3 Å². The van der Waals surface area contributed by atoms with Crippen LogP contribution in [0.5, 0.6) is 0 Å². The standard InChI is InChI=1S/C35H37N7/c1-5-26(19-28(6-2)37-24(3)18-25-10-8-7-9-11-25)27-12-13-31-30(20-27)35(40-39-31)32-21-29-33(38-32)22-36-23-34(29)42-16-14-41(4)15-17-42/h5-13,19-23,37-38H,2-3,14-18H2,1,4H3,(H,39,40)/b26-5+,28-19+. The molecule has 0 radical (unpaired) electrons. The molecule has 6 rings (SSSR count). The lowest BCUT2D eigenvalue weighted by Crippen LogP contribution is -2.44. The Labute approximate surface area is 247 Å². The number of nitrogens with one attached hydrogen (secondary N) is 3. The lowest BCUT2D eigenvalue weighted by molar-refractivity contribution is 0.313. The van der Waals surface area contributed by atoms with Crippen LogP contribution in [0.3, 0.4) is 0 Å². The van der Waals surface area contributed by atoms with Crippen molar-refractivity contribution in [3.05, 3.63) is 121 Å². The van der Waals surface area contributed by atoms with Gasteiger partial charge in [0.25, 0.3) is 0 Å². The number of likely N-dealkylation sites (N-methyl/N-ethyl adjacent to an activating group) is 1. The second kappa shape index (κ2) is 11.9. The van der Waals surface area contributed by atoms with Crippen LogP contribution in [-0.4, -0.2) is 58.3 Å². The average Bonchev–Trinajstić information content (AvgIpc) is 3.64. The summed E-state index contributed by atoms with van der Waals surface area (Å²) in [5.41, 5.74) is 10.2. The summed E-state index contributed by atoms with van der Waals surface area (Å²) in [6.45, 7) is 14.4. The minimum absolute atomic E-state index is 0.748. The van der Waals surface area contributed by atoms with Gasteiger partial charge in [0.1, 0.15) is 5.69 Å². The quantitative estimate of drug-likeness (QED) is 0.177. The topological polar surface area (TPSA) is 75.9 Å². The highest BCUT2D eigenvalue weighted by atomic mass is 15.3. The largest absolute Gasteiger partial charge is 0.367 e. The zero-order valence-corrected chi connectivity index (χ0v) is 24.3. The van der Waals surface area contributed by atoms with Crippen molar-refractivity contribution in [2.75, 3.05) is 38.1 Å². The number of benzene rings is 2. The molecule has 0 unspecified atom stereocenters. The molecule has 1 aliphatic heterocycles. The van der Waals surface area contributed by atoms with E-state index in [-0.39, 0.29) is 0 Å². The zero-order chi connectivity index (χ0) is 29.1. The summed E-state index contributed by atoms with van der Waals surface area (Å²) in [4.78, 5) is 12.9. The first-order valence-corrected chi connectivity index (χ1v) is 14.4. The number of H-pyrrole nitrogens is 2. The Bertz CT molecular complexity index is 1800. The van der Waals surface area contributed by atoms with E-state index in [0.717, 1.165) is 82.9 Å². The summed E-state index contributed by atoms with van der Waals surface area (Å²) >= 11 is 0. The highest BCUT2D eigenvalue weighted by molar-refractivity contribution is 6.00. The Morgan fingerprint density at radius 2 is 1.81 bits per heavy atom.